The number of fused-ring (bicyclic) bond motifs is 1. The maximum Gasteiger partial charge on any atom is 0.162 e. The lowest BCUT2D eigenvalue weighted by Crippen LogP contribution is -2.14. The second kappa shape index (κ2) is 5.26. The number of rotatable bonds is 3. The lowest BCUT2D eigenvalue weighted by Gasteiger charge is -2.12. The van der Waals surface area contributed by atoms with E-state index < -0.39 is 17.7 Å². The van der Waals surface area contributed by atoms with Crippen molar-refractivity contribution in [1.29, 1.82) is 0 Å². The molecular weight excluding hydrogens is 278 g/mol. The van der Waals surface area contributed by atoms with Crippen molar-refractivity contribution in [3.8, 4) is 0 Å². The lowest BCUT2D eigenvalue weighted by molar-refractivity contribution is 0.494. The molecule has 2 N–H and O–H groups in total. The fourth-order valence-electron chi connectivity index (χ4n) is 2.13. The van der Waals surface area contributed by atoms with Crippen LogP contribution < -0.4 is 5.73 Å². The van der Waals surface area contributed by atoms with E-state index >= 15 is 0 Å². The van der Waals surface area contributed by atoms with Gasteiger partial charge >= 0.3 is 0 Å². The topological polar surface area (TPSA) is 38.9 Å². The van der Waals surface area contributed by atoms with E-state index in [9.17, 15) is 8.78 Å². The van der Waals surface area contributed by atoms with E-state index in [0.717, 1.165) is 21.8 Å². The van der Waals surface area contributed by atoms with Gasteiger partial charge in [0, 0.05) is 12.2 Å². The van der Waals surface area contributed by atoms with Gasteiger partial charge in [-0.3, -0.25) is 4.98 Å². The van der Waals surface area contributed by atoms with Gasteiger partial charge in [0.2, 0.25) is 0 Å². The highest BCUT2D eigenvalue weighted by Gasteiger charge is 2.14. The molecule has 102 valence electrons. The molecule has 1 aromatic carbocycles. The van der Waals surface area contributed by atoms with E-state index in [0.29, 0.717) is 0 Å². The molecule has 0 aliphatic heterocycles. The monoisotopic (exact) mass is 290 g/mol. The SMILES string of the molecule is NC(Cc1cccc(F)c1F)c1cnc2ccsc2c1. The van der Waals surface area contributed by atoms with E-state index in [1.54, 1.807) is 23.6 Å². The average molecular weight is 290 g/mol. The van der Waals surface area contributed by atoms with E-state index in [4.69, 9.17) is 5.73 Å². The second-order valence-corrected chi connectivity index (χ2v) is 5.54. The molecule has 0 fully saturated rings. The number of pyridine rings is 1. The first-order chi connectivity index (χ1) is 9.65. The Labute approximate surface area is 118 Å². The van der Waals surface area contributed by atoms with Crippen LogP contribution in [-0.2, 0) is 6.42 Å². The predicted molar refractivity (Wildman–Crippen MR) is 76.6 cm³/mol. The minimum Gasteiger partial charge on any atom is -0.324 e. The highest BCUT2D eigenvalue weighted by Crippen LogP contribution is 2.24. The van der Waals surface area contributed by atoms with Gasteiger partial charge in [-0.2, -0.15) is 0 Å². The van der Waals surface area contributed by atoms with Crippen LogP contribution in [0.3, 0.4) is 0 Å². The number of hydrogen-bond acceptors (Lipinski definition) is 3. The van der Waals surface area contributed by atoms with Gasteiger partial charge in [0.25, 0.3) is 0 Å². The molecular formula is C15H12F2N2S. The van der Waals surface area contributed by atoms with Crippen LogP contribution in [0.1, 0.15) is 17.2 Å². The number of halogens is 2. The molecule has 0 aliphatic carbocycles. The molecule has 1 atom stereocenters. The summed E-state index contributed by atoms with van der Waals surface area (Å²) in [5.74, 6) is -1.67. The fourth-order valence-corrected chi connectivity index (χ4v) is 2.91. The van der Waals surface area contributed by atoms with Crippen molar-refractivity contribution in [2.45, 2.75) is 12.5 Å². The molecule has 2 aromatic heterocycles. The van der Waals surface area contributed by atoms with Crippen molar-refractivity contribution in [3.05, 3.63) is 64.7 Å². The molecule has 2 heterocycles. The van der Waals surface area contributed by atoms with E-state index in [-0.39, 0.29) is 12.0 Å². The largest absolute Gasteiger partial charge is 0.324 e. The predicted octanol–water partition coefficient (Wildman–Crippen LogP) is 3.82. The summed E-state index contributed by atoms with van der Waals surface area (Å²) in [5, 5.41) is 1.96. The Hall–Kier alpha value is -1.85. The van der Waals surface area contributed by atoms with Crippen LogP contribution >= 0.6 is 11.3 Å². The van der Waals surface area contributed by atoms with Gasteiger partial charge in [0.05, 0.1) is 10.2 Å². The zero-order chi connectivity index (χ0) is 14.1. The summed E-state index contributed by atoms with van der Waals surface area (Å²) in [4.78, 5) is 4.31. The summed E-state index contributed by atoms with van der Waals surface area (Å²) in [6, 6.07) is 7.61. The summed E-state index contributed by atoms with van der Waals surface area (Å²) >= 11 is 1.58. The van der Waals surface area contributed by atoms with E-state index in [1.165, 1.54) is 6.07 Å². The second-order valence-electron chi connectivity index (χ2n) is 4.60. The smallest absolute Gasteiger partial charge is 0.162 e. The Morgan fingerprint density at radius 1 is 1.25 bits per heavy atom. The molecule has 1 unspecified atom stereocenters. The molecule has 0 bridgehead atoms. The minimum atomic E-state index is -0.846. The third-order valence-corrected chi connectivity index (χ3v) is 4.08. The number of benzene rings is 1. The minimum absolute atomic E-state index is 0.238. The van der Waals surface area contributed by atoms with Crippen LogP contribution in [0.2, 0.25) is 0 Å². The normalized spacial score (nSPS) is 12.8. The van der Waals surface area contributed by atoms with Gasteiger partial charge in [-0.1, -0.05) is 12.1 Å². The zero-order valence-electron chi connectivity index (χ0n) is 10.5. The number of aromatic nitrogens is 1. The van der Waals surface area contributed by atoms with Gasteiger partial charge in [0.15, 0.2) is 11.6 Å². The van der Waals surface area contributed by atoms with E-state index in [1.807, 2.05) is 17.5 Å². The molecule has 5 heteroatoms. The summed E-state index contributed by atoms with van der Waals surface area (Å²) in [6.45, 7) is 0. The Balaban J connectivity index is 1.88. The standard InChI is InChI=1S/C15H12F2N2S/c16-11-3-1-2-9(15(11)17)6-12(18)10-7-14-13(19-8-10)4-5-20-14/h1-5,7-8,12H,6,18H2. The molecule has 0 aliphatic rings. The van der Waals surface area contributed by atoms with Crippen molar-refractivity contribution in [1.82, 2.24) is 4.98 Å². The van der Waals surface area contributed by atoms with Crippen LogP contribution in [0.4, 0.5) is 8.78 Å². The molecule has 2 nitrogen and oxygen atoms in total. The molecule has 20 heavy (non-hydrogen) atoms. The molecule has 0 spiro atoms. The van der Waals surface area contributed by atoms with Gasteiger partial charge in [-0.25, -0.2) is 8.78 Å². The summed E-state index contributed by atoms with van der Waals surface area (Å²) in [7, 11) is 0. The number of nitrogens with zero attached hydrogens (tertiary/aromatic N) is 1. The highest BCUT2D eigenvalue weighted by molar-refractivity contribution is 7.17. The molecule has 3 aromatic rings. The molecule has 3 rings (SSSR count). The molecule has 0 amide bonds. The maximum absolute atomic E-state index is 13.6. The van der Waals surface area contributed by atoms with Crippen molar-refractivity contribution >= 4 is 21.6 Å². The average Bonchev–Trinajstić information content (AvgIpc) is 2.91. The van der Waals surface area contributed by atoms with Gasteiger partial charge in [-0.15, -0.1) is 11.3 Å². The van der Waals surface area contributed by atoms with Crippen LogP contribution in [0.15, 0.2) is 41.9 Å². The lowest BCUT2D eigenvalue weighted by atomic mass is 10.0. The maximum atomic E-state index is 13.6. The van der Waals surface area contributed by atoms with Gasteiger partial charge < -0.3 is 5.73 Å². The van der Waals surface area contributed by atoms with Crippen molar-refractivity contribution < 1.29 is 8.78 Å². The van der Waals surface area contributed by atoms with Crippen molar-refractivity contribution in [3.63, 3.8) is 0 Å². The van der Waals surface area contributed by atoms with Gasteiger partial charge in [-0.05, 0) is 41.1 Å². The molecule has 0 saturated carbocycles. The summed E-state index contributed by atoms with van der Waals surface area (Å²) in [6.07, 6.45) is 1.93. The number of thiophene rings is 1. The van der Waals surface area contributed by atoms with Crippen LogP contribution in [0.25, 0.3) is 10.2 Å². The van der Waals surface area contributed by atoms with Crippen LogP contribution in [-0.4, -0.2) is 4.98 Å². The first kappa shape index (κ1) is 13.1. The van der Waals surface area contributed by atoms with Crippen molar-refractivity contribution in [2.24, 2.45) is 5.73 Å². The quantitative estimate of drug-likeness (QED) is 0.796. The first-order valence-corrected chi connectivity index (χ1v) is 7.05. The van der Waals surface area contributed by atoms with Crippen molar-refractivity contribution in [2.75, 3.05) is 0 Å². The highest BCUT2D eigenvalue weighted by atomic mass is 32.1. The molecule has 0 radical (unpaired) electrons. The number of nitrogens with two attached hydrogens (primary N) is 1. The summed E-state index contributed by atoms with van der Waals surface area (Å²) in [5.41, 5.74) is 8.10. The Kier molecular flexibility index (Phi) is 3.46. The third kappa shape index (κ3) is 2.42. The van der Waals surface area contributed by atoms with Gasteiger partial charge in [0.1, 0.15) is 0 Å². The Morgan fingerprint density at radius 3 is 2.95 bits per heavy atom. The van der Waals surface area contributed by atoms with Crippen LogP contribution in [0.5, 0.6) is 0 Å². The number of hydrogen-bond donors (Lipinski definition) is 1. The van der Waals surface area contributed by atoms with E-state index in [2.05, 4.69) is 4.98 Å². The fraction of sp³-hybridized carbons (Fsp3) is 0.133. The Bertz CT molecular complexity index is 754. The summed E-state index contributed by atoms with van der Waals surface area (Å²) < 4.78 is 27.8. The van der Waals surface area contributed by atoms with Crippen LogP contribution in [0, 0.1) is 11.6 Å². The first-order valence-electron chi connectivity index (χ1n) is 6.17. The third-order valence-electron chi connectivity index (χ3n) is 3.22. The zero-order valence-corrected chi connectivity index (χ0v) is 11.3. The molecule has 0 saturated heterocycles. The Morgan fingerprint density at radius 2 is 2.10 bits per heavy atom.